The molecule has 0 bridgehead atoms. The van der Waals surface area contributed by atoms with E-state index in [0.717, 1.165) is 16.6 Å². The molecule has 0 aliphatic rings. The molecule has 0 amide bonds. The maximum absolute atomic E-state index is 12.8. The van der Waals surface area contributed by atoms with E-state index >= 15 is 0 Å². The van der Waals surface area contributed by atoms with Gasteiger partial charge in [0.1, 0.15) is 5.82 Å². The molecule has 0 saturated carbocycles. The molecule has 0 atom stereocenters. The van der Waals surface area contributed by atoms with Gasteiger partial charge in [0, 0.05) is 11.0 Å². The number of benzene rings is 1. The van der Waals surface area contributed by atoms with Gasteiger partial charge in [0.15, 0.2) is 0 Å². The van der Waals surface area contributed by atoms with Gasteiger partial charge >= 0.3 is 0 Å². The van der Waals surface area contributed by atoms with E-state index in [0.29, 0.717) is 6.54 Å². The van der Waals surface area contributed by atoms with Gasteiger partial charge in [-0.3, -0.25) is 0 Å². The number of halogens is 2. The van der Waals surface area contributed by atoms with Crippen LogP contribution < -0.4 is 5.32 Å². The Morgan fingerprint density at radius 3 is 2.75 bits per heavy atom. The predicted octanol–water partition coefficient (Wildman–Crippen LogP) is 2.70. The number of hydrogen-bond donors (Lipinski definition) is 1. The van der Waals surface area contributed by atoms with Gasteiger partial charge < -0.3 is 5.32 Å². The number of nitrogens with one attached hydrogen (secondary N) is 1. The molecule has 0 aliphatic carbocycles. The molecule has 3 heteroatoms. The van der Waals surface area contributed by atoms with Crippen LogP contribution in [0.1, 0.15) is 12.5 Å². The summed E-state index contributed by atoms with van der Waals surface area (Å²) in [6.45, 7) is 3.63. The second-order valence-corrected chi connectivity index (χ2v) is 3.47. The molecule has 1 N–H and O–H groups in total. The normalized spacial score (nSPS) is 10.2. The fraction of sp³-hybridized carbons (Fsp3) is 0.333. The van der Waals surface area contributed by atoms with Crippen LogP contribution in [0.2, 0.25) is 0 Å². The average molecular weight is 232 g/mol. The second-order valence-electron chi connectivity index (χ2n) is 2.56. The molecule has 0 spiro atoms. The Bertz CT molecular complexity index is 242. The molecular weight excluding hydrogens is 221 g/mol. The van der Waals surface area contributed by atoms with Gasteiger partial charge in [-0.15, -0.1) is 0 Å². The minimum atomic E-state index is -0.197. The van der Waals surface area contributed by atoms with E-state index in [9.17, 15) is 4.39 Å². The fourth-order valence-corrected chi connectivity index (χ4v) is 1.50. The van der Waals surface area contributed by atoms with Crippen LogP contribution in [-0.4, -0.2) is 6.54 Å². The highest BCUT2D eigenvalue weighted by atomic mass is 79.9. The van der Waals surface area contributed by atoms with E-state index in [4.69, 9.17) is 0 Å². The van der Waals surface area contributed by atoms with Crippen LogP contribution in [0.25, 0.3) is 0 Å². The maximum Gasteiger partial charge on any atom is 0.124 e. The van der Waals surface area contributed by atoms with Crippen molar-refractivity contribution in [3.63, 3.8) is 0 Å². The lowest BCUT2D eigenvalue weighted by Gasteiger charge is -2.02. The summed E-state index contributed by atoms with van der Waals surface area (Å²) in [5, 5.41) is 3.13. The molecule has 1 rings (SSSR count). The van der Waals surface area contributed by atoms with Crippen molar-refractivity contribution in [3.8, 4) is 0 Å². The minimum absolute atomic E-state index is 0.197. The van der Waals surface area contributed by atoms with Gasteiger partial charge in [0.2, 0.25) is 0 Å². The van der Waals surface area contributed by atoms with Crippen molar-refractivity contribution in [3.05, 3.63) is 34.1 Å². The summed E-state index contributed by atoms with van der Waals surface area (Å²) < 4.78 is 13.6. The minimum Gasteiger partial charge on any atom is -0.313 e. The van der Waals surface area contributed by atoms with Gasteiger partial charge in [-0.2, -0.15) is 0 Å². The lowest BCUT2D eigenvalue weighted by molar-refractivity contribution is 0.621. The number of rotatable bonds is 3. The molecular formula is C9H11BrFN. The smallest absolute Gasteiger partial charge is 0.124 e. The highest BCUT2D eigenvalue weighted by Gasteiger charge is 1.97. The summed E-state index contributed by atoms with van der Waals surface area (Å²) in [7, 11) is 0. The topological polar surface area (TPSA) is 12.0 Å². The summed E-state index contributed by atoms with van der Waals surface area (Å²) >= 11 is 3.24. The third kappa shape index (κ3) is 2.91. The van der Waals surface area contributed by atoms with Crippen LogP contribution in [0, 0.1) is 5.82 Å². The molecule has 0 saturated heterocycles. The lowest BCUT2D eigenvalue weighted by Crippen LogP contribution is -2.11. The SMILES string of the molecule is CCNCc1cc(F)cc(Br)c1. The van der Waals surface area contributed by atoms with Crippen LogP contribution in [0.3, 0.4) is 0 Å². The van der Waals surface area contributed by atoms with E-state index in [-0.39, 0.29) is 5.82 Å². The molecule has 0 unspecified atom stereocenters. The molecule has 66 valence electrons. The summed E-state index contributed by atoms with van der Waals surface area (Å²) in [5.74, 6) is -0.197. The first-order valence-corrected chi connectivity index (χ1v) is 4.67. The van der Waals surface area contributed by atoms with E-state index in [1.54, 1.807) is 0 Å². The monoisotopic (exact) mass is 231 g/mol. The quantitative estimate of drug-likeness (QED) is 0.844. The van der Waals surface area contributed by atoms with Crippen molar-refractivity contribution in [2.24, 2.45) is 0 Å². The van der Waals surface area contributed by atoms with Crippen molar-refractivity contribution in [2.75, 3.05) is 6.54 Å². The molecule has 0 fully saturated rings. The van der Waals surface area contributed by atoms with E-state index in [1.807, 2.05) is 13.0 Å². The van der Waals surface area contributed by atoms with Crippen molar-refractivity contribution in [1.82, 2.24) is 5.32 Å². The fourth-order valence-electron chi connectivity index (χ4n) is 0.982. The standard InChI is InChI=1S/C9H11BrFN/c1-2-12-6-7-3-8(10)5-9(11)4-7/h3-5,12H,2,6H2,1H3. The van der Waals surface area contributed by atoms with Gasteiger partial charge in [0.25, 0.3) is 0 Å². The second kappa shape index (κ2) is 4.58. The van der Waals surface area contributed by atoms with E-state index in [2.05, 4.69) is 21.2 Å². The summed E-state index contributed by atoms with van der Waals surface area (Å²) in [4.78, 5) is 0. The predicted molar refractivity (Wildman–Crippen MR) is 51.5 cm³/mol. The van der Waals surface area contributed by atoms with Crippen molar-refractivity contribution in [2.45, 2.75) is 13.5 Å². The van der Waals surface area contributed by atoms with Crippen molar-refractivity contribution >= 4 is 15.9 Å². The zero-order valence-electron chi connectivity index (χ0n) is 6.90. The Morgan fingerprint density at radius 1 is 1.42 bits per heavy atom. The zero-order valence-corrected chi connectivity index (χ0v) is 8.49. The van der Waals surface area contributed by atoms with Crippen molar-refractivity contribution in [1.29, 1.82) is 0 Å². The Labute approximate surface area is 80.1 Å². The largest absolute Gasteiger partial charge is 0.313 e. The molecule has 12 heavy (non-hydrogen) atoms. The third-order valence-electron chi connectivity index (χ3n) is 1.50. The maximum atomic E-state index is 12.8. The van der Waals surface area contributed by atoms with Crippen LogP contribution in [0.5, 0.6) is 0 Å². The molecule has 1 aromatic rings. The Kier molecular flexibility index (Phi) is 3.69. The van der Waals surface area contributed by atoms with Crippen LogP contribution in [-0.2, 0) is 6.54 Å². The van der Waals surface area contributed by atoms with E-state index in [1.165, 1.54) is 12.1 Å². The van der Waals surface area contributed by atoms with Gasteiger partial charge in [-0.05, 0) is 30.3 Å². The zero-order chi connectivity index (χ0) is 8.97. The highest BCUT2D eigenvalue weighted by Crippen LogP contribution is 2.14. The Hall–Kier alpha value is -0.410. The highest BCUT2D eigenvalue weighted by molar-refractivity contribution is 9.10. The number of hydrogen-bond acceptors (Lipinski definition) is 1. The average Bonchev–Trinajstić information content (AvgIpc) is 1.99. The van der Waals surface area contributed by atoms with Crippen LogP contribution >= 0.6 is 15.9 Å². The van der Waals surface area contributed by atoms with Crippen LogP contribution in [0.4, 0.5) is 4.39 Å². The summed E-state index contributed by atoms with van der Waals surface area (Å²) in [5.41, 5.74) is 0.962. The Balaban J connectivity index is 2.72. The van der Waals surface area contributed by atoms with Gasteiger partial charge in [-0.1, -0.05) is 22.9 Å². The van der Waals surface area contributed by atoms with Gasteiger partial charge in [-0.25, -0.2) is 4.39 Å². The lowest BCUT2D eigenvalue weighted by atomic mass is 10.2. The van der Waals surface area contributed by atoms with E-state index < -0.39 is 0 Å². The molecule has 1 nitrogen and oxygen atoms in total. The molecule has 0 aromatic heterocycles. The first-order chi connectivity index (χ1) is 5.72. The molecule has 0 heterocycles. The Morgan fingerprint density at radius 2 is 2.17 bits per heavy atom. The van der Waals surface area contributed by atoms with Gasteiger partial charge in [0.05, 0.1) is 0 Å². The summed E-state index contributed by atoms with van der Waals surface area (Å²) in [6.07, 6.45) is 0. The first-order valence-electron chi connectivity index (χ1n) is 3.88. The molecule has 0 radical (unpaired) electrons. The van der Waals surface area contributed by atoms with Crippen molar-refractivity contribution < 1.29 is 4.39 Å². The summed E-state index contributed by atoms with van der Waals surface area (Å²) in [6, 6.07) is 4.90. The molecule has 0 aliphatic heterocycles. The third-order valence-corrected chi connectivity index (χ3v) is 1.96. The molecule has 1 aromatic carbocycles. The van der Waals surface area contributed by atoms with Crippen LogP contribution in [0.15, 0.2) is 22.7 Å². The first kappa shape index (κ1) is 9.68.